The number of aromatic nitrogens is 3. The van der Waals surface area contributed by atoms with E-state index in [4.69, 9.17) is 5.73 Å². The molecule has 2 aromatic rings. The van der Waals surface area contributed by atoms with E-state index in [-0.39, 0.29) is 11.1 Å². The SMILES string of the molecule is Cn1ccc(C(=O)Nc2[nH]ncc2N)cc1=O. The number of carbonyl (C=O) groups excluding carboxylic acids is 1. The van der Waals surface area contributed by atoms with E-state index in [1.54, 1.807) is 13.1 Å². The average Bonchev–Trinajstić information content (AvgIpc) is 2.68. The lowest BCUT2D eigenvalue weighted by Gasteiger charge is -2.04. The normalized spacial score (nSPS) is 10.2. The number of aromatic amines is 1. The largest absolute Gasteiger partial charge is 0.394 e. The second kappa shape index (κ2) is 4.12. The maximum absolute atomic E-state index is 11.8. The van der Waals surface area contributed by atoms with Crippen molar-refractivity contribution < 1.29 is 4.79 Å². The van der Waals surface area contributed by atoms with Crippen LogP contribution in [0.4, 0.5) is 11.5 Å². The van der Waals surface area contributed by atoms with E-state index in [2.05, 4.69) is 15.5 Å². The van der Waals surface area contributed by atoms with E-state index in [1.165, 1.54) is 23.0 Å². The summed E-state index contributed by atoms with van der Waals surface area (Å²) in [6.07, 6.45) is 2.91. The van der Waals surface area contributed by atoms with Gasteiger partial charge in [-0.05, 0) is 6.07 Å². The fraction of sp³-hybridized carbons (Fsp3) is 0.100. The zero-order valence-electron chi connectivity index (χ0n) is 9.10. The molecule has 0 saturated heterocycles. The average molecular weight is 233 g/mol. The number of carbonyl (C=O) groups is 1. The Morgan fingerprint density at radius 1 is 1.59 bits per heavy atom. The zero-order valence-corrected chi connectivity index (χ0v) is 9.10. The highest BCUT2D eigenvalue weighted by Crippen LogP contribution is 2.13. The zero-order chi connectivity index (χ0) is 12.4. The predicted octanol–water partition coefficient (Wildman–Crippen LogP) is -0.0571. The summed E-state index contributed by atoms with van der Waals surface area (Å²) in [6, 6.07) is 2.80. The van der Waals surface area contributed by atoms with Crippen molar-refractivity contribution in [3.8, 4) is 0 Å². The van der Waals surface area contributed by atoms with Gasteiger partial charge in [-0.2, -0.15) is 5.10 Å². The van der Waals surface area contributed by atoms with E-state index < -0.39 is 5.91 Å². The summed E-state index contributed by atoms with van der Waals surface area (Å²) in [4.78, 5) is 23.1. The molecule has 2 rings (SSSR count). The van der Waals surface area contributed by atoms with Crippen molar-refractivity contribution in [1.82, 2.24) is 14.8 Å². The van der Waals surface area contributed by atoms with Gasteiger partial charge in [-0.3, -0.25) is 14.7 Å². The first-order valence-corrected chi connectivity index (χ1v) is 4.85. The second-order valence-electron chi connectivity index (χ2n) is 3.52. The summed E-state index contributed by atoms with van der Waals surface area (Å²) in [7, 11) is 1.61. The third-order valence-electron chi connectivity index (χ3n) is 2.27. The Morgan fingerprint density at radius 2 is 2.35 bits per heavy atom. The molecule has 0 radical (unpaired) electrons. The van der Waals surface area contributed by atoms with Crippen molar-refractivity contribution >= 4 is 17.4 Å². The van der Waals surface area contributed by atoms with Crippen molar-refractivity contribution in [1.29, 1.82) is 0 Å². The van der Waals surface area contributed by atoms with Crippen molar-refractivity contribution in [2.75, 3.05) is 11.1 Å². The Balaban J connectivity index is 2.23. The minimum Gasteiger partial charge on any atom is -0.394 e. The number of pyridine rings is 1. The fourth-order valence-corrected chi connectivity index (χ4v) is 1.27. The minimum atomic E-state index is -0.418. The maximum atomic E-state index is 11.8. The lowest BCUT2D eigenvalue weighted by molar-refractivity contribution is 0.102. The third-order valence-corrected chi connectivity index (χ3v) is 2.27. The molecule has 0 fully saturated rings. The minimum absolute atomic E-state index is 0.254. The molecule has 0 atom stereocenters. The van der Waals surface area contributed by atoms with Crippen molar-refractivity contribution in [2.24, 2.45) is 7.05 Å². The molecular formula is C10H11N5O2. The second-order valence-corrected chi connectivity index (χ2v) is 3.52. The number of aryl methyl sites for hydroxylation is 1. The van der Waals surface area contributed by atoms with Crippen LogP contribution in [0.25, 0.3) is 0 Å². The van der Waals surface area contributed by atoms with Crippen LogP contribution in [0.15, 0.2) is 29.3 Å². The Labute approximate surface area is 96.3 Å². The summed E-state index contributed by atoms with van der Waals surface area (Å²) in [6.45, 7) is 0. The molecule has 0 aliphatic carbocycles. The van der Waals surface area contributed by atoms with Gasteiger partial charge in [-0.15, -0.1) is 0 Å². The molecule has 0 aliphatic rings. The maximum Gasteiger partial charge on any atom is 0.257 e. The molecule has 2 heterocycles. The van der Waals surface area contributed by atoms with Gasteiger partial charge in [-0.25, -0.2) is 0 Å². The van der Waals surface area contributed by atoms with Crippen molar-refractivity contribution in [3.05, 3.63) is 40.4 Å². The smallest absolute Gasteiger partial charge is 0.257 e. The van der Waals surface area contributed by atoms with Gasteiger partial charge >= 0.3 is 0 Å². The summed E-state index contributed by atoms with van der Waals surface area (Å²) in [5.41, 5.74) is 5.89. The highest BCUT2D eigenvalue weighted by atomic mass is 16.2. The topological polar surface area (TPSA) is 106 Å². The van der Waals surface area contributed by atoms with Crippen LogP contribution in [0.5, 0.6) is 0 Å². The lowest BCUT2D eigenvalue weighted by atomic mass is 10.2. The summed E-state index contributed by atoms with van der Waals surface area (Å²) in [5, 5.41) is 8.73. The van der Waals surface area contributed by atoms with E-state index in [0.29, 0.717) is 11.5 Å². The van der Waals surface area contributed by atoms with Gasteiger partial charge in [0.05, 0.1) is 11.9 Å². The van der Waals surface area contributed by atoms with Crippen LogP contribution in [0.2, 0.25) is 0 Å². The van der Waals surface area contributed by atoms with Gasteiger partial charge in [-0.1, -0.05) is 0 Å². The summed E-state index contributed by atoms with van der Waals surface area (Å²) in [5.74, 6) is -0.102. The Hall–Kier alpha value is -2.57. The molecule has 0 aromatic carbocycles. The van der Waals surface area contributed by atoms with Crippen LogP contribution in [-0.2, 0) is 7.05 Å². The Bertz CT molecular complexity index is 613. The molecule has 0 unspecified atom stereocenters. The van der Waals surface area contributed by atoms with Crippen LogP contribution in [-0.4, -0.2) is 20.7 Å². The van der Waals surface area contributed by atoms with Gasteiger partial charge in [0.15, 0.2) is 5.82 Å². The van der Waals surface area contributed by atoms with E-state index in [0.717, 1.165) is 0 Å². The monoisotopic (exact) mass is 233 g/mol. The number of amides is 1. The number of rotatable bonds is 2. The van der Waals surface area contributed by atoms with Gasteiger partial charge in [0.1, 0.15) is 0 Å². The molecule has 4 N–H and O–H groups in total. The molecule has 7 nitrogen and oxygen atoms in total. The van der Waals surface area contributed by atoms with E-state index in [1.807, 2.05) is 0 Å². The highest BCUT2D eigenvalue weighted by molar-refractivity contribution is 6.04. The van der Waals surface area contributed by atoms with Gasteiger partial charge in [0.2, 0.25) is 0 Å². The third kappa shape index (κ3) is 2.17. The number of hydrogen-bond donors (Lipinski definition) is 3. The fourth-order valence-electron chi connectivity index (χ4n) is 1.27. The number of hydrogen-bond acceptors (Lipinski definition) is 4. The van der Waals surface area contributed by atoms with Gasteiger partial charge in [0.25, 0.3) is 11.5 Å². The van der Waals surface area contributed by atoms with Crippen LogP contribution in [0, 0.1) is 0 Å². The number of nitrogens with zero attached hydrogens (tertiary/aromatic N) is 2. The molecule has 0 aliphatic heterocycles. The van der Waals surface area contributed by atoms with Gasteiger partial charge < -0.3 is 15.6 Å². The number of anilines is 2. The molecule has 0 spiro atoms. The summed E-state index contributed by atoms with van der Waals surface area (Å²) >= 11 is 0. The number of H-pyrrole nitrogens is 1. The van der Waals surface area contributed by atoms with E-state index >= 15 is 0 Å². The number of nitrogens with one attached hydrogen (secondary N) is 2. The van der Waals surface area contributed by atoms with Crippen LogP contribution in [0.3, 0.4) is 0 Å². The molecule has 2 aromatic heterocycles. The molecular weight excluding hydrogens is 222 g/mol. The van der Waals surface area contributed by atoms with Crippen molar-refractivity contribution in [3.63, 3.8) is 0 Å². The quantitative estimate of drug-likeness (QED) is 0.675. The van der Waals surface area contributed by atoms with Crippen molar-refractivity contribution in [2.45, 2.75) is 0 Å². The standard InChI is InChI=1S/C10H11N5O2/c1-15-3-2-6(4-8(15)16)10(17)13-9-7(11)5-12-14-9/h2-5H,11H2,1H3,(H2,12,13,14,17). The predicted molar refractivity (Wildman–Crippen MR) is 62.6 cm³/mol. The molecule has 7 heteroatoms. The first kappa shape index (κ1) is 10.9. The van der Waals surface area contributed by atoms with Crippen LogP contribution >= 0.6 is 0 Å². The van der Waals surface area contributed by atoms with Crippen LogP contribution < -0.4 is 16.6 Å². The number of nitrogen functional groups attached to an aromatic ring is 1. The van der Waals surface area contributed by atoms with E-state index in [9.17, 15) is 9.59 Å². The summed E-state index contributed by atoms with van der Waals surface area (Å²) < 4.78 is 1.38. The lowest BCUT2D eigenvalue weighted by Crippen LogP contribution is -2.20. The molecule has 1 amide bonds. The molecule has 17 heavy (non-hydrogen) atoms. The first-order chi connectivity index (χ1) is 8.08. The first-order valence-electron chi connectivity index (χ1n) is 4.85. The Morgan fingerprint density at radius 3 is 2.94 bits per heavy atom. The van der Waals surface area contributed by atoms with Gasteiger partial charge in [0, 0.05) is 24.9 Å². The number of nitrogens with two attached hydrogens (primary N) is 1. The Kier molecular flexibility index (Phi) is 2.65. The molecule has 0 bridgehead atoms. The highest BCUT2D eigenvalue weighted by Gasteiger charge is 2.09. The molecule has 88 valence electrons. The van der Waals surface area contributed by atoms with Crippen LogP contribution in [0.1, 0.15) is 10.4 Å². The molecule has 0 saturated carbocycles.